The van der Waals surface area contributed by atoms with Crippen LogP contribution in [0.25, 0.3) is 0 Å². The lowest BCUT2D eigenvalue weighted by Gasteiger charge is -2.15. The van der Waals surface area contributed by atoms with Crippen LogP contribution in [0, 0.1) is 6.92 Å². The van der Waals surface area contributed by atoms with Crippen molar-refractivity contribution in [3.05, 3.63) is 29.3 Å². The molecule has 0 aromatic heterocycles. The first-order chi connectivity index (χ1) is 7.22. The SMILES string of the molecule is CCOc1ccc(C(CO)NC)cc1C. The molecule has 15 heavy (non-hydrogen) atoms. The van der Waals surface area contributed by atoms with E-state index in [-0.39, 0.29) is 12.6 Å². The molecule has 0 saturated carbocycles. The summed E-state index contributed by atoms with van der Waals surface area (Å²) in [6.07, 6.45) is 0. The van der Waals surface area contributed by atoms with Gasteiger partial charge in [0.05, 0.1) is 19.3 Å². The monoisotopic (exact) mass is 209 g/mol. The minimum Gasteiger partial charge on any atom is -0.494 e. The number of aliphatic hydroxyl groups excluding tert-OH is 1. The van der Waals surface area contributed by atoms with Gasteiger partial charge >= 0.3 is 0 Å². The Morgan fingerprint density at radius 1 is 1.47 bits per heavy atom. The first kappa shape index (κ1) is 12.0. The molecule has 1 atom stereocenters. The van der Waals surface area contributed by atoms with Crippen LogP contribution in [0.5, 0.6) is 5.75 Å². The maximum atomic E-state index is 9.15. The molecule has 84 valence electrons. The third-order valence-electron chi connectivity index (χ3n) is 2.43. The van der Waals surface area contributed by atoms with Gasteiger partial charge < -0.3 is 15.2 Å². The fraction of sp³-hybridized carbons (Fsp3) is 0.500. The molecule has 0 fully saturated rings. The van der Waals surface area contributed by atoms with Gasteiger partial charge in [-0.25, -0.2) is 0 Å². The van der Waals surface area contributed by atoms with Crippen molar-refractivity contribution in [1.82, 2.24) is 5.32 Å². The van der Waals surface area contributed by atoms with Crippen LogP contribution in [-0.4, -0.2) is 25.4 Å². The molecular weight excluding hydrogens is 190 g/mol. The van der Waals surface area contributed by atoms with E-state index in [1.54, 1.807) is 0 Å². The van der Waals surface area contributed by atoms with E-state index >= 15 is 0 Å². The number of ether oxygens (including phenoxy) is 1. The van der Waals surface area contributed by atoms with Crippen LogP contribution in [0.3, 0.4) is 0 Å². The molecule has 0 aliphatic rings. The molecule has 1 aromatic carbocycles. The van der Waals surface area contributed by atoms with Gasteiger partial charge in [-0.05, 0) is 38.1 Å². The van der Waals surface area contributed by atoms with Crippen molar-refractivity contribution in [2.75, 3.05) is 20.3 Å². The number of rotatable bonds is 5. The zero-order chi connectivity index (χ0) is 11.3. The van der Waals surface area contributed by atoms with E-state index in [1.165, 1.54) is 0 Å². The van der Waals surface area contributed by atoms with Crippen molar-refractivity contribution >= 4 is 0 Å². The Balaban J connectivity index is 2.89. The van der Waals surface area contributed by atoms with Crippen molar-refractivity contribution in [3.63, 3.8) is 0 Å². The number of nitrogens with one attached hydrogen (secondary N) is 1. The summed E-state index contributed by atoms with van der Waals surface area (Å²) in [5, 5.41) is 12.2. The van der Waals surface area contributed by atoms with Gasteiger partial charge in [-0.15, -0.1) is 0 Å². The van der Waals surface area contributed by atoms with E-state index in [0.29, 0.717) is 6.61 Å². The predicted octanol–water partition coefficient (Wildman–Crippen LogP) is 1.65. The highest BCUT2D eigenvalue weighted by molar-refractivity contribution is 5.37. The van der Waals surface area contributed by atoms with Gasteiger partial charge in [-0.2, -0.15) is 0 Å². The van der Waals surface area contributed by atoms with Gasteiger partial charge in [0.2, 0.25) is 0 Å². The van der Waals surface area contributed by atoms with Crippen LogP contribution in [0.1, 0.15) is 24.1 Å². The summed E-state index contributed by atoms with van der Waals surface area (Å²) >= 11 is 0. The van der Waals surface area contributed by atoms with E-state index in [4.69, 9.17) is 9.84 Å². The molecule has 0 spiro atoms. The van der Waals surface area contributed by atoms with Gasteiger partial charge in [-0.3, -0.25) is 0 Å². The highest BCUT2D eigenvalue weighted by atomic mass is 16.5. The maximum Gasteiger partial charge on any atom is 0.122 e. The van der Waals surface area contributed by atoms with E-state index in [0.717, 1.165) is 16.9 Å². The Hall–Kier alpha value is -1.06. The van der Waals surface area contributed by atoms with Crippen LogP contribution >= 0.6 is 0 Å². The smallest absolute Gasteiger partial charge is 0.122 e. The Morgan fingerprint density at radius 2 is 2.20 bits per heavy atom. The molecule has 1 rings (SSSR count). The summed E-state index contributed by atoms with van der Waals surface area (Å²) in [4.78, 5) is 0. The fourth-order valence-corrected chi connectivity index (χ4v) is 1.57. The Morgan fingerprint density at radius 3 is 2.67 bits per heavy atom. The Bertz CT molecular complexity index is 308. The van der Waals surface area contributed by atoms with Crippen LogP contribution < -0.4 is 10.1 Å². The third kappa shape index (κ3) is 2.94. The lowest BCUT2D eigenvalue weighted by Crippen LogP contribution is -2.19. The largest absolute Gasteiger partial charge is 0.494 e. The Kier molecular flexibility index (Phi) is 4.59. The van der Waals surface area contributed by atoms with E-state index in [9.17, 15) is 0 Å². The molecule has 0 heterocycles. The fourth-order valence-electron chi connectivity index (χ4n) is 1.57. The lowest BCUT2D eigenvalue weighted by molar-refractivity contribution is 0.251. The van der Waals surface area contributed by atoms with Crippen LogP contribution in [0.4, 0.5) is 0 Å². The van der Waals surface area contributed by atoms with Crippen LogP contribution in [0.2, 0.25) is 0 Å². The average Bonchev–Trinajstić information content (AvgIpc) is 2.24. The molecule has 0 aliphatic heterocycles. The summed E-state index contributed by atoms with van der Waals surface area (Å²) < 4.78 is 5.46. The molecule has 0 radical (unpaired) electrons. The minimum absolute atomic E-state index is 0.000577. The molecule has 3 nitrogen and oxygen atoms in total. The summed E-state index contributed by atoms with van der Waals surface area (Å²) in [6, 6.07) is 5.98. The predicted molar refractivity (Wildman–Crippen MR) is 61.2 cm³/mol. The molecule has 1 unspecified atom stereocenters. The molecule has 0 bridgehead atoms. The quantitative estimate of drug-likeness (QED) is 0.774. The van der Waals surface area contributed by atoms with Gasteiger partial charge in [0, 0.05) is 0 Å². The molecule has 0 saturated heterocycles. The molecule has 0 amide bonds. The first-order valence-corrected chi connectivity index (χ1v) is 5.24. The highest BCUT2D eigenvalue weighted by Crippen LogP contribution is 2.22. The van der Waals surface area contributed by atoms with Crippen molar-refractivity contribution in [2.24, 2.45) is 0 Å². The van der Waals surface area contributed by atoms with Crippen molar-refractivity contribution < 1.29 is 9.84 Å². The average molecular weight is 209 g/mol. The third-order valence-corrected chi connectivity index (χ3v) is 2.43. The molecule has 1 aromatic rings. The molecular formula is C12H19NO2. The van der Waals surface area contributed by atoms with Crippen molar-refractivity contribution in [1.29, 1.82) is 0 Å². The summed E-state index contributed by atoms with van der Waals surface area (Å²) in [6.45, 7) is 4.76. The minimum atomic E-state index is -0.000577. The molecule has 2 N–H and O–H groups in total. The van der Waals surface area contributed by atoms with E-state index < -0.39 is 0 Å². The van der Waals surface area contributed by atoms with Crippen molar-refractivity contribution in [3.8, 4) is 5.75 Å². The number of benzene rings is 1. The second-order valence-electron chi connectivity index (χ2n) is 3.48. The summed E-state index contributed by atoms with van der Waals surface area (Å²) in [5.74, 6) is 0.911. The highest BCUT2D eigenvalue weighted by Gasteiger charge is 2.09. The van der Waals surface area contributed by atoms with Crippen molar-refractivity contribution in [2.45, 2.75) is 19.9 Å². The number of aryl methyl sites for hydroxylation is 1. The normalized spacial score (nSPS) is 12.5. The van der Waals surface area contributed by atoms with Crippen LogP contribution in [-0.2, 0) is 0 Å². The number of hydrogen-bond acceptors (Lipinski definition) is 3. The number of hydrogen-bond donors (Lipinski definition) is 2. The summed E-state index contributed by atoms with van der Waals surface area (Å²) in [7, 11) is 1.84. The second kappa shape index (κ2) is 5.73. The standard InChI is InChI=1S/C12H19NO2/c1-4-15-12-6-5-10(7-9(12)2)11(8-14)13-3/h5-7,11,13-14H,4,8H2,1-3H3. The van der Waals surface area contributed by atoms with E-state index in [2.05, 4.69) is 5.32 Å². The van der Waals surface area contributed by atoms with Gasteiger partial charge in [0.25, 0.3) is 0 Å². The topological polar surface area (TPSA) is 41.5 Å². The summed E-state index contributed by atoms with van der Waals surface area (Å²) in [5.41, 5.74) is 2.18. The number of aliphatic hydroxyl groups is 1. The van der Waals surface area contributed by atoms with Gasteiger partial charge in [-0.1, -0.05) is 12.1 Å². The second-order valence-corrected chi connectivity index (χ2v) is 3.48. The zero-order valence-electron chi connectivity index (χ0n) is 9.58. The van der Waals surface area contributed by atoms with Gasteiger partial charge in [0.1, 0.15) is 5.75 Å². The lowest BCUT2D eigenvalue weighted by atomic mass is 10.0. The molecule has 0 aliphatic carbocycles. The first-order valence-electron chi connectivity index (χ1n) is 5.24. The maximum absolute atomic E-state index is 9.15. The Labute approximate surface area is 91.1 Å². The van der Waals surface area contributed by atoms with Gasteiger partial charge in [0.15, 0.2) is 0 Å². The van der Waals surface area contributed by atoms with E-state index in [1.807, 2.05) is 39.1 Å². The zero-order valence-corrected chi connectivity index (χ0v) is 9.58. The van der Waals surface area contributed by atoms with Crippen LogP contribution in [0.15, 0.2) is 18.2 Å². The molecule has 3 heteroatoms. The number of likely N-dealkylation sites (N-methyl/N-ethyl adjacent to an activating group) is 1.